The second-order valence-corrected chi connectivity index (χ2v) is 7.84. The van der Waals surface area contributed by atoms with Crippen molar-refractivity contribution < 1.29 is 13.2 Å². The minimum Gasteiger partial charge on any atom is -0.496 e. The summed E-state index contributed by atoms with van der Waals surface area (Å²) >= 11 is 0. The first kappa shape index (κ1) is 17.2. The van der Waals surface area contributed by atoms with E-state index in [0.717, 1.165) is 24.8 Å². The molecule has 1 saturated heterocycles. The molecule has 6 heteroatoms. The van der Waals surface area contributed by atoms with Gasteiger partial charge in [0.1, 0.15) is 5.75 Å². The Kier molecular flexibility index (Phi) is 5.47. The molecule has 0 bridgehead atoms. The molecule has 5 nitrogen and oxygen atoms in total. The van der Waals surface area contributed by atoms with Gasteiger partial charge in [-0.2, -0.15) is 17.0 Å². The molecule has 0 amide bonds. The average molecular weight is 326 g/mol. The summed E-state index contributed by atoms with van der Waals surface area (Å²) in [7, 11) is -0.222. The molecule has 0 unspecified atom stereocenters. The van der Waals surface area contributed by atoms with Crippen LogP contribution in [0.2, 0.25) is 0 Å². The van der Waals surface area contributed by atoms with E-state index in [1.807, 2.05) is 38.1 Å². The predicted octanol–water partition coefficient (Wildman–Crippen LogP) is 2.81. The molecule has 0 N–H and O–H groups in total. The summed E-state index contributed by atoms with van der Waals surface area (Å²) in [5.74, 6) is 0.712. The molecule has 1 heterocycles. The van der Waals surface area contributed by atoms with Gasteiger partial charge in [-0.25, -0.2) is 0 Å². The van der Waals surface area contributed by atoms with Gasteiger partial charge in [-0.3, -0.25) is 0 Å². The molecule has 0 spiro atoms. The van der Waals surface area contributed by atoms with Crippen molar-refractivity contribution in [3.63, 3.8) is 0 Å². The van der Waals surface area contributed by atoms with Crippen LogP contribution < -0.4 is 4.74 Å². The molecule has 1 fully saturated rings. The molecule has 2 atom stereocenters. The highest BCUT2D eigenvalue weighted by Gasteiger charge is 2.35. The lowest BCUT2D eigenvalue weighted by atomic mass is 10.1. The Balaban J connectivity index is 2.27. The lowest BCUT2D eigenvalue weighted by Crippen LogP contribution is -2.49. The van der Waals surface area contributed by atoms with E-state index < -0.39 is 10.2 Å². The summed E-state index contributed by atoms with van der Waals surface area (Å²) in [5, 5.41) is 0. The van der Waals surface area contributed by atoms with Crippen molar-refractivity contribution in [1.82, 2.24) is 8.61 Å². The van der Waals surface area contributed by atoms with Gasteiger partial charge in [0.15, 0.2) is 0 Å². The largest absolute Gasteiger partial charge is 0.496 e. The summed E-state index contributed by atoms with van der Waals surface area (Å²) in [6.45, 7) is 4.48. The van der Waals surface area contributed by atoms with Crippen LogP contribution >= 0.6 is 0 Å². The van der Waals surface area contributed by atoms with Crippen molar-refractivity contribution in [1.29, 1.82) is 0 Å². The van der Waals surface area contributed by atoms with Crippen molar-refractivity contribution in [3.8, 4) is 5.75 Å². The van der Waals surface area contributed by atoms with Gasteiger partial charge in [0.25, 0.3) is 10.2 Å². The zero-order valence-electron chi connectivity index (χ0n) is 13.8. The van der Waals surface area contributed by atoms with Crippen LogP contribution in [0.1, 0.15) is 44.7 Å². The molecule has 0 aliphatic carbocycles. The smallest absolute Gasteiger partial charge is 0.282 e. The summed E-state index contributed by atoms with van der Waals surface area (Å²) in [6, 6.07) is 7.33. The number of nitrogens with zero attached hydrogens (tertiary/aromatic N) is 2. The highest BCUT2D eigenvalue weighted by atomic mass is 32.2. The highest BCUT2D eigenvalue weighted by Crippen LogP contribution is 2.32. The van der Waals surface area contributed by atoms with Crippen LogP contribution in [0.25, 0.3) is 0 Å². The number of rotatable bonds is 5. The molecular weight excluding hydrogens is 300 g/mol. The minimum atomic E-state index is -3.47. The van der Waals surface area contributed by atoms with Gasteiger partial charge in [-0.1, -0.05) is 24.6 Å². The standard InChI is InChI=1S/C16H26N2O3S/c1-13-9-7-8-12-18(13)22(19,20)17(3)14(2)15-10-5-6-11-16(15)21-4/h5-6,10-11,13-14H,7-9,12H2,1-4H3/t13-,14+/m1/s1. The van der Waals surface area contributed by atoms with E-state index in [1.54, 1.807) is 18.5 Å². The molecule has 0 saturated carbocycles. The van der Waals surface area contributed by atoms with Crippen LogP contribution in [0.4, 0.5) is 0 Å². The van der Waals surface area contributed by atoms with E-state index >= 15 is 0 Å². The van der Waals surface area contributed by atoms with Crippen molar-refractivity contribution in [2.75, 3.05) is 20.7 Å². The van der Waals surface area contributed by atoms with Crippen molar-refractivity contribution in [2.24, 2.45) is 0 Å². The Morgan fingerprint density at radius 3 is 2.64 bits per heavy atom. The first-order chi connectivity index (χ1) is 10.4. The Morgan fingerprint density at radius 1 is 1.32 bits per heavy atom. The van der Waals surface area contributed by atoms with Gasteiger partial charge in [0.05, 0.1) is 13.2 Å². The van der Waals surface area contributed by atoms with Crippen LogP contribution in [0.5, 0.6) is 5.75 Å². The monoisotopic (exact) mass is 326 g/mol. The third-order valence-corrected chi connectivity index (χ3v) is 6.72. The number of piperidine rings is 1. The molecule has 1 aliphatic heterocycles. The Bertz CT molecular complexity index is 603. The van der Waals surface area contributed by atoms with Gasteiger partial charge in [0, 0.05) is 25.2 Å². The lowest BCUT2D eigenvalue weighted by Gasteiger charge is -2.37. The van der Waals surface area contributed by atoms with Crippen LogP contribution in [-0.2, 0) is 10.2 Å². The molecule has 0 aromatic heterocycles. The fraction of sp³-hybridized carbons (Fsp3) is 0.625. The van der Waals surface area contributed by atoms with Gasteiger partial charge in [-0.05, 0) is 32.8 Å². The molecule has 124 valence electrons. The third kappa shape index (κ3) is 3.29. The molecule has 0 radical (unpaired) electrons. The van der Waals surface area contributed by atoms with E-state index in [4.69, 9.17) is 4.74 Å². The Hall–Kier alpha value is -1.11. The zero-order chi connectivity index (χ0) is 16.3. The first-order valence-corrected chi connectivity index (χ1v) is 9.17. The summed E-state index contributed by atoms with van der Waals surface area (Å²) in [5.41, 5.74) is 0.876. The van der Waals surface area contributed by atoms with Crippen LogP contribution in [0.15, 0.2) is 24.3 Å². The van der Waals surface area contributed by atoms with Crippen molar-refractivity contribution >= 4 is 10.2 Å². The van der Waals surface area contributed by atoms with Crippen LogP contribution in [0, 0.1) is 0 Å². The number of ether oxygens (including phenoxy) is 1. The summed E-state index contributed by atoms with van der Waals surface area (Å²) in [4.78, 5) is 0. The van der Waals surface area contributed by atoms with E-state index in [9.17, 15) is 8.42 Å². The molecule has 1 aromatic rings. The fourth-order valence-corrected chi connectivity index (χ4v) is 4.75. The van der Waals surface area contributed by atoms with Gasteiger partial charge >= 0.3 is 0 Å². The maximum atomic E-state index is 12.9. The van der Waals surface area contributed by atoms with Gasteiger partial charge in [0.2, 0.25) is 0 Å². The Morgan fingerprint density at radius 2 is 2.00 bits per heavy atom. The molecule has 1 aliphatic rings. The molecule has 22 heavy (non-hydrogen) atoms. The zero-order valence-corrected chi connectivity index (χ0v) is 14.6. The number of methoxy groups -OCH3 is 1. The third-order valence-electron chi connectivity index (χ3n) is 4.54. The SMILES string of the molecule is COc1ccccc1[C@H](C)N(C)S(=O)(=O)N1CCCC[C@H]1C. The van der Waals surface area contributed by atoms with Crippen LogP contribution in [-0.4, -0.2) is 43.8 Å². The van der Waals surface area contributed by atoms with Crippen molar-refractivity contribution in [3.05, 3.63) is 29.8 Å². The Labute approximate surface area is 134 Å². The van der Waals surface area contributed by atoms with E-state index in [0.29, 0.717) is 12.3 Å². The predicted molar refractivity (Wildman–Crippen MR) is 88.1 cm³/mol. The second kappa shape index (κ2) is 6.98. The number of hydrogen-bond donors (Lipinski definition) is 0. The normalized spacial score (nSPS) is 21.8. The molecular formula is C16H26N2O3S. The summed E-state index contributed by atoms with van der Waals surface area (Å²) in [6.07, 6.45) is 2.95. The summed E-state index contributed by atoms with van der Waals surface area (Å²) < 4.78 is 34.3. The lowest BCUT2D eigenvalue weighted by molar-refractivity contribution is 0.241. The van der Waals surface area contributed by atoms with Gasteiger partial charge in [-0.15, -0.1) is 0 Å². The number of benzene rings is 1. The van der Waals surface area contributed by atoms with E-state index in [1.165, 1.54) is 4.31 Å². The second-order valence-electron chi connectivity index (χ2n) is 5.90. The maximum Gasteiger partial charge on any atom is 0.282 e. The van der Waals surface area contributed by atoms with Crippen molar-refractivity contribution in [2.45, 2.75) is 45.2 Å². The maximum absolute atomic E-state index is 12.9. The van der Waals surface area contributed by atoms with E-state index in [2.05, 4.69) is 0 Å². The first-order valence-electron chi connectivity index (χ1n) is 7.77. The average Bonchev–Trinajstić information content (AvgIpc) is 2.53. The van der Waals surface area contributed by atoms with E-state index in [-0.39, 0.29) is 12.1 Å². The number of hydrogen-bond acceptors (Lipinski definition) is 3. The van der Waals surface area contributed by atoms with Gasteiger partial charge < -0.3 is 4.74 Å². The highest BCUT2D eigenvalue weighted by molar-refractivity contribution is 7.86. The topological polar surface area (TPSA) is 49.9 Å². The molecule has 2 rings (SSSR count). The quantitative estimate of drug-likeness (QED) is 0.836. The van der Waals surface area contributed by atoms with Crippen LogP contribution in [0.3, 0.4) is 0 Å². The fourth-order valence-electron chi connectivity index (χ4n) is 2.99. The molecule has 1 aromatic carbocycles. The minimum absolute atomic E-state index is 0.0612. The number of para-hydroxylation sites is 1.